The van der Waals surface area contributed by atoms with Crippen molar-refractivity contribution < 1.29 is 9.53 Å². The van der Waals surface area contributed by atoms with Crippen molar-refractivity contribution in [1.82, 2.24) is 0 Å². The molecule has 0 atom stereocenters. The Bertz CT molecular complexity index is 256. The molecule has 0 aromatic carbocycles. The molecule has 0 aliphatic heterocycles. The van der Waals surface area contributed by atoms with E-state index in [0.29, 0.717) is 0 Å². The van der Waals surface area contributed by atoms with Crippen molar-refractivity contribution in [2.75, 3.05) is 7.11 Å². The van der Waals surface area contributed by atoms with Gasteiger partial charge in [0.05, 0.1) is 7.11 Å². The molecule has 0 heterocycles. The van der Waals surface area contributed by atoms with Gasteiger partial charge < -0.3 is 4.74 Å². The Balaban J connectivity index is 3.91. The van der Waals surface area contributed by atoms with Crippen LogP contribution in [0.1, 0.15) is 90.9 Å². The molecule has 0 fully saturated rings. The third-order valence-electron chi connectivity index (χ3n) is 3.70. The first kappa shape index (κ1) is 19.2. The molecule has 0 N–H and O–H groups in total. The van der Waals surface area contributed by atoms with Crippen LogP contribution in [-0.4, -0.2) is 13.1 Å². The molecule has 0 saturated carbocycles. The highest BCUT2D eigenvalue weighted by Gasteiger charge is 2.08. The number of rotatable bonds is 13. The van der Waals surface area contributed by atoms with Gasteiger partial charge in [-0.25, -0.2) is 4.79 Å². The quantitative estimate of drug-likeness (QED) is 0.242. The summed E-state index contributed by atoms with van der Waals surface area (Å²) >= 11 is 0. The van der Waals surface area contributed by atoms with Crippen molar-refractivity contribution in [3.05, 3.63) is 11.6 Å². The molecule has 0 rings (SSSR count). The van der Waals surface area contributed by atoms with Crippen molar-refractivity contribution in [2.24, 2.45) is 0 Å². The van der Waals surface area contributed by atoms with Gasteiger partial charge in [-0.15, -0.1) is 0 Å². The third-order valence-corrected chi connectivity index (χ3v) is 3.70. The first-order valence-electron chi connectivity index (χ1n) is 8.53. The Hall–Kier alpha value is -0.790. The minimum atomic E-state index is -0.131. The molecule has 0 spiro atoms. The molecular formula is C18H34O2. The van der Waals surface area contributed by atoms with E-state index in [1.807, 2.05) is 0 Å². The van der Waals surface area contributed by atoms with Crippen molar-refractivity contribution >= 4 is 5.97 Å². The Morgan fingerprint density at radius 1 is 0.850 bits per heavy atom. The Morgan fingerprint density at radius 3 is 1.95 bits per heavy atom. The summed E-state index contributed by atoms with van der Waals surface area (Å²) in [5.74, 6) is -0.131. The summed E-state index contributed by atoms with van der Waals surface area (Å²) in [5.41, 5.74) is 0.888. The van der Waals surface area contributed by atoms with Crippen LogP contribution in [0.5, 0.6) is 0 Å². The van der Waals surface area contributed by atoms with Crippen LogP contribution in [0, 0.1) is 0 Å². The van der Waals surface area contributed by atoms with E-state index in [-0.39, 0.29) is 5.97 Å². The van der Waals surface area contributed by atoms with E-state index in [1.165, 1.54) is 64.9 Å². The van der Waals surface area contributed by atoms with Gasteiger partial charge in [0, 0.05) is 5.57 Å². The molecule has 0 amide bonds. The van der Waals surface area contributed by atoms with E-state index in [9.17, 15) is 4.79 Å². The summed E-state index contributed by atoms with van der Waals surface area (Å²) in [4.78, 5) is 11.7. The molecular weight excluding hydrogens is 248 g/mol. The smallest absolute Gasteiger partial charge is 0.333 e. The predicted molar refractivity (Wildman–Crippen MR) is 86.9 cm³/mol. The lowest BCUT2D eigenvalue weighted by molar-refractivity contribution is -0.136. The first-order valence-corrected chi connectivity index (χ1v) is 8.53. The topological polar surface area (TPSA) is 26.3 Å². The highest BCUT2D eigenvalue weighted by molar-refractivity contribution is 5.88. The summed E-state index contributed by atoms with van der Waals surface area (Å²) in [6, 6.07) is 0. The van der Waals surface area contributed by atoms with Crippen LogP contribution in [0.2, 0.25) is 0 Å². The van der Waals surface area contributed by atoms with Gasteiger partial charge in [0.2, 0.25) is 0 Å². The zero-order chi connectivity index (χ0) is 15.1. The van der Waals surface area contributed by atoms with Crippen molar-refractivity contribution in [2.45, 2.75) is 90.9 Å². The number of hydrogen-bond donors (Lipinski definition) is 0. The summed E-state index contributed by atoms with van der Waals surface area (Å²) in [5, 5.41) is 0. The van der Waals surface area contributed by atoms with E-state index in [2.05, 4.69) is 19.9 Å². The number of esters is 1. The van der Waals surface area contributed by atoms with E-state index >= 15 is 0 Å². The Kier molecular flexibility index (Phi) is 14.0. The van der Waals surface area contributed by atoms with Crippen LogP contribution in [0.25, 0.3) is 0 Å². The lowest BCUT2D eigenvalue weighted by Gasteiger charge is -2.06. The summed E-state index contributed by atoms with van der Waals surface area (Å²) in [7, 11) is 1.48. The normalized spacial score (nSPS) is 11.7. The summed E-state index contributed by atoms with van der Waals surface area (Å²) < 4.78 is 4.88. The molecule has 0 bridgehead atoms. The van der Waals surface area contributed by atoms with Crippen LogP contribution in [0.4, 0.5) is 0 Å². The molecule has 0 unspecified atom stereocenters. The van der Waals surface area contributed by atoms with E-state index < -0.39 is 0 Å². The maximum atomic E-state index is 11.7. The number of carbonyl (C=O) groups is 1. The van der Waals surface area contributed by atoms with Crippen LogP contribution in [-0.2, 0) is 9.53 Å². The summed E-state index contributed by atoms with van der Waals surface area (Å²) in [6.07, 6.45) is 16.6. The van der Waals surface area contributed by atoms with Crippen molar-refractivity contribution in [3.8, 4) is 0 Å². The van der Waals surface area contributed by atoms with Crippen LogP contribution in [0.3, 0.4) is 0 Å². The minimum Gasteiger partial charge on any atom is -0.466 e. The molecule has 0 aromatic heterocycles. The van der Waals surface area contributed by atoms with E-state index in [1.54, 1.807) is 0 Å². The van der Waals surface area contributed by atoms with Crippen molar-refractivity contribution in [3.63, 3.8) is 0 Å². The maximum absolute atomic E-state index is 11.7. The largest absolute Gasteiger partial charge is 0.466 e. The van der Waals surface area contributed by atoms with Crippen LogP contribution < -0.4 is 0 Å². The molecule has 2 heteroatoms. The lowest BCUT2D eigenvalue weighted by atomic mass is 10.0. The second kappa shape index (κ2) is 14.6. The monoisotopic (exact) mass is 282 g/mol. The van der Waals surface area contributed by atoms with E-state index in [4.69, 9.17) is 4.74 Å². The van der Waals surface area contributed by atoms with Gasteiger partial charge in [-0.05, 0) is 25.7 Å². The highest BCUT2D eigenvalue weighted by Crippen LogP contribution is 2.15. The first-order chi connectivity index (χ1) is 9.76. The average molecular weight is 282 g/mol. The molecule has 20 heavy (non-hydrogen) atoms. The molecule has 118 valence electrons. The molecule has 0 aliphatic rings. The third kappa shape index (κ3) is 11.1. The van der Waals surface area contributed by atoms with Crippen molar-refractivity contribution in [1.29, 1.82) is 0 Å². The van der Waals surface area contributed by atoms with Crippen LogP contribution >= 0.6 is 0 Å². The molecule has 0 aliphatic carbocycles. The fraction of sp³-hybridized carbons (Fsp3) is 0.833. The Morgan fingerprint density at radius 2 is 1.40 bits per heavy atom. The van der Waals surface area contributed by atoms with E-state index in [0.717, 1.165) is 24.8 Å². The fourth-order valence-corrected chi connectivity index (χ4v) is 2.36. The zero-order valence-electron chi connectivity index (χ0n) is 13.9. The fourth-order valence-electron chi connectivity index (χ4n) is 2.36. The van der Waals surface area contributed by atoms with Gasteiger partial charge in [-0.2, -0.15) is 0 Å². The minimum absolute atomic E-state index is 0.131. The number of unbranched alkanes of at least 4 members (excludes halogenated alkanes) is 9. The van der Waals surface area contributed by atoms with Gasteiger partial charge in [0.25, 0.3) is 0 Å². The SMILES string of the molecule is CCCCCCC/C=C(/CCCCCCC)C(=O)OC. The standard InChI is InChI=1S/C18H34O2/c1-4-6-8-10-12-14-16-17(18(19)20-3)15-13-11-9-7-5-2/h16H,4-15H2,1-3H3/b17-16-. The number of hydrogen-bond acceptors (Lipinski definition) is 2. The molecule has 0 aromatic rings. The number of ether oxygens (including phenoxy) is 1. The number of carbonyl (C=O) groups excluding carboxylic acids is 1. The Labute approximate surface area is 126 Å². The number of methoxy groups -OCH3 is 1. The van der Waals surface area contributed by atoms with Gasteiger partial charge in [-0.3, -0.25) is 0 Å². The molecule has 0 saturated heterocycles. The maximum Gasteiger partial charge on any atom is 0.333 e. The van der Waals surface area contributed by atoms with Gasteiger partial charge in [-0.1, -0.05) is 71.3 Å². The second-order valence-electron chi connectivity index (χ2n) is 5.59. The summed E-state index contributed by atoms with van der Waals surface area (Å²) in [6.45, 7) is 4.45. The number of allylic oxidation sites excluding steroid dienone is 1. The molecule has 0 radical (unpaired) electrons. The van der Waals surface area contributed by atoms with Crippen LogP contribution in [0.15, 0.2) is 11.6 Å². The van der Waals surface area contributed by atoms with Gasteiger partial charge >= 0.3 is 5.97 Å². The van der Waals surface area contributed by atoms with Gasteiger partial charge in [0.15, 0.2) is 0 Å². The highest BCUT2D eigenvalue weighted by atomic mass is 16.5. The molecule has 2 nitrogen and oxygen atoms in total. The lowest BCUT2D eigenvalue weighted by Crippen LogP contribution is -2.05. The zero-order valence-corrected chi connectivity index (χ0v) is 13.9. The second-order valence-corrected chi connectivity index (χ2v) is 5.59. The average Bonchev–Trinajstić information content (AvgIpc) is 2.47. The van der Waals surface area contributed by atoms with Gasteiger partial charge in [0.1, 0.15) is 0 Å². The predicted octanol–water partition coefficient (Wildman–Crippen LogP) is 5.81.